The first-order valence-electron chi connectivity index (χ1n) is 13.9. The van der Waals surface area contributed by atoms with Crippen molar-refractivity contribution in [3.63, 3.8) is 0 Å². The number of rotatable bonds is 17. The number of anilines is 1. The molecule has 0 aromatic heterocycles. The Morgan fingerprint density at radius 1 is 1.17 bits per heavy atom. The normalized spacial score (nSPS) is 14.7. The van der Waals surface area contributed by atoms with Gasteiger partial charge < -0.3 is 30.5 Å². The highest BCUT2D eigenvalue weighted by molar-refractivity contribution is 5.87. The number of allylic oxidation sites excluding steroid dienone is 4. The molecule has 1 aliphatic rings. The van der Waals surface area contributed by atoms with Gasteiger partial charge in [-0.25, -0.2) is 9.18 Å². The number of ether oxygens (including phenoxy) is 2. The summed E-state index contributed by atoms with van der Waals surface area (Å²) in [6.07, 6.45) is 9.20. The van der Waals surface area contributed by atoms with E-state index in [0.29, 0.717) is 24.3 Å². The lowest BCUT2D eigenvalue weighted by Gasteiger charge is -2.22. The molecule has 2 atom stereocenters. The van der Waals surface area contributed by atoms with Crippen LogP contribution in [0.5, 0.6) is 11.5 Å². The molecule has 9 heteroatoms. The molecule has 3 rings (SSSR count). The Balaban J connectivity index is 1.74. The van der Waals surface area contributed by atoms with E-state index >= 15 is 0 Å². The third-order valence-electron chi connectivity index (χ3n) is 6.77. The number of benzene rings is 2. The number of amides is 1. The zero-order chi connectivity index (χ0) is 29.6. The van der Waals surface area contributed by atoms with Crippen LogP contribution in [0.4, 0.5) is 10.1 Å². The average molecular weight is 566 g/mol. The van der Waals surface area contributed by atoms with Gasteiger partial charge in [-0.3, -0.25) is 4.79 Å². The molecule has 0 saturated carbocycles. The van der Waals surface area contributed by atoms with E-state index in [1.807, 2.05) is 18.2 Å². The molecule has 1 amide bonds. The van der Waals surface area contributed by atoms with Crippen molar-refractivity contribution in [1.29, 1.82) is 0 Å². The van der Waals surface area contributed by atoms with E-state index in [4.69, 9.17) is 14.6 Å². The van der Waals surface area contributed by atoms with Crippen molar-refractivity contribution in [3.8, 4) is 11.5 Å². The van der Waals surface area contributed by atoms with Crippen molar-refractivity contribution in [2.75, 3.05) is 25.6 Å². The van der Waals surface area contributed by atoms with Gasteiger partial charge in [-0.2, -0.15) is 0 Å². The summed E-state index contributed by atoms with van der Waals surface area (Å²) in [6.45, 7) is 4.34. The third kappa shape index (κ3) is 10.0. The van der Waals surface area contributed by atoms with Gasteiger partial charge in [0, 0.05) is 12.2 Å². The molecule has 220 valence electrons. The number of carbonyl (C=O) groups excluding carboxylic acids is 1. The van der Waals surface area contributed by atoms with Crippen molar-refractivity contribution in [1.82, 2.24) is 10.6 Å². The van der Waals surface area contributed by atoms with Crippen LogP contribution in [0.25, 0.3) is 0 Å². The van der Waals surface area contributed by atoms with Gasteiger partial charge in [-0.1, -0.05) is 19.1 Å². The maximum absolute atomic E-state index is 14.7. The average Bonchev–Trinajstić information content (AvgIpc) is 2.97. The minimum atomic E-state index is -1.24. The highest BCUT2D eigenvalue weighted by Gasteiger charge is 2.19. The Hall–Kier alpha value is -4.27. The molecule has 0 fully saturated rings. The van der Waals surface area contributed by atoms with Gasteiger partial charge in [0.25, 0.3) is 0 Å². The van der Waals surface area contributed by atoms with Gasteiger partial charge in [-0.05, 0) is 105 Å². The summed E-state index contributed by atoms with van der Waals surface area (Å²) in [6, 6.07) is 12.0. The van der Waals surface area contributed by atoms with Crippen molar-refractivity contribution >= 4 is 18.1 Å². The Morgan fingerprint density at radius 2 is 1.95 bits per heavy atom. The molecule has 2 aromatic carbocycles. The predicted molar refractivity (Wildman–Crippen MR) is 159 cm³/mol. The Labute approximate surface area is 241 Å². The van der Waals surface area contributed by atoms with E-state index in [1.54, 1.807) is 19.2 Å². The van der Waals surface area contributed by atoms with Crippen LogP contribution >= 0.6 is 0 Å². The van der Waals surface area contributed by atoms with Gasteiger partial charge in [0.2, 0.25) is 6.41 Å². The first kappa shape index (κ1) is 31.3. The van der Waals surface area contributed by atoms with E-state index in [2.05, 4.69) is 48.0 Å². The van der Waals surface area contributed by atoms with Crippen LogP contribution in [0.3, 0.4) is 0 Å². The molecule has 41 heavy (non-hydrogen) atoms. The van der Waals surface area contributed by atoms with E-state index in [0.717, 1.165) is 42.0 Å². The molecule has 1 aliphatic carbocycles. The van der Waals surface area contributed by atoms with E-state index in [9.17, 15) is 14.0 Å². The highest BCUT2D eigenvalue weighted by Crippen LogP contribution is 2.29. The molecule has 0 bridgehead atoms. The van der Waals surface area contributed by atoms with Crippen molar-refractivity contribution in [2.45, 2.75) is 52.1 Å². The fraction of sp³-hybridized carbons (Fsp3) is 0.375. The zero-order valence-corrected chi connectivity index (χ0v) is 23.9. The van der Waals surface area contributed by atoms with Crippen LogP contribution in [-0.2, 0) is 11.2 Å². The Morgan fingerprint density at radius 3 is 2.61 bits per heavy atom. The lowest BCUT2D eigenvalue weighted by molar-refractivity contribution is -0.109. The summed E-state index contributed by atoms with van der Waals surface area (Å²) >= 11 is 0. The number of halogens is 1. The summed E-state index contributed by atoms with van der Waals surface area (Å²) in [5.74, 6) is 0.781. The SMILES string of the molecule is CC/C=C(\NC1=C(C)CCC=C1)Nc1ccc(CC(COc2ccc(C(=O)O)cc2)CC(F)CNC=O)cc1OC. The number of alkyl halides is 1. The number of aromatic carboxylic acids is 1. The molecule has 0 saturated heterocycles. The first-order valence-corrected chi connectivity index (χ1v) is 13.9. The van der Waals surface area contributed by atoms with Crippen LogP contribution in [0.1, 0.15) is 55.5 Å². The summed E-state index contributed by atoms with van der Waals surface area (Å²) in [5, 5.41) is 18.5. The summed E-state index contributed by atoms with van der Waals surface area (Å²) in [5.41, 5.74) is 4.29. The van der Waals surface area contributed by atoms with Crippen molar-refractivity contribution in [2.24, 2.45) is 5.92 Å². The number of hydrogen-bond donors (Lipinski definition) is 4. The standard InChI is InChI=1S/C32H40FN3O5/c1-4-7-31(35-28-9-6-5-8-22(28)2)36-29-15-10-23(18-30(29)40-3)16-24(17-26(33)19-34-21-37)20-41-27-13-11-25(12-14-27)32(38)39/h6-7,9-15,18,21,24,26,35-36H,4-5,8,16-17,19-20H2,1-3H3,(H,34,37)(H,38,39)/b31-7+. The van der Waals surface area contributed by atoms with Crippen LogP contribution in [-0.4, -0.2) is 43.9 Å². The minimum absolute atomic E-state index is 0.0792. The lowest BCUT2D eigenvalue weighted by Crippen LogP contribution is -2.27. The van der Waals surface area contributed by atoms with Crippen LogP contribution < -0.4 is 25.4 Å². The molecule has 0 heterocycles. The van der Waals surface area contributed by atoms with E-state index in [-0.39, 0.29) is 31.1 Å². The number of hydrogen-bond acceptors (Lipinski definition) is 6. The van der Waals surface area contributed by atoms with Crippen molar-refractivity contribution in [3.05, 3.63) is 88.9 Å². The van der Waals surface area contributed by atoms with Crippen molar-refractivity contribution < 1.29 is 28.6 Å². The smallest absolute Gasteiger partial charge is 0.335 e. The van der Waals surface area contributed by atoms with Crippen LogP contribution in [0, 0.1) is 5.92 Å². The molecular weight excluding hydrogens is 525 g/mol. The second-order valence-electron chi connectivity index (χ2n) is 10.0. The van der Waals surface area contributed by atoms with Gasteiger partial charge >= 0.3 is 5.97 Å². The minimum Gasteiger partial charge on any atom is -0.495 e. The largest absolute Gasteiger partial charge is 0.495 e. The molecule has 0 aliphatic heterocycles. The molecule has 0 spiro atoms. The quantitative estimate of drug-likeness (QED) is 0.175. The number of carboxylic acid groups (broad SMARTS) is 1. The summed E-state index contributed by atoms with van der Waals surface area (Å²) in [4.78, 5) is 21.8. The monoisotopic (exact) mass is 565 g/mol. The molecule has 8 nitrogen and oxygen atoms in total. The maximum Gasteiger partial charge on any atom is 0.335 e. The van der Waals surface area contributed by atoms with Gasteiger partial charge in [-0.15, -0.1) is 0 Å². The summed E-state index contributed by atoms with van der Waals surface area (Å²) in [7, 11) is 1.61. The van der Waals surface area contributed by atoms with E-state index in [1.165, 1.54) is 17.7 Å². The topological polar surface area (TPSA) is 109 Å². The van der Waals surface area contributed by atoms with Gasteiger partial charge in [0.1, 0.15) is 23.5 Å². The zero-order valence-electron chi connectivity index (χ0n) is 23.9. The molecule has 2 aromatic rings. The fourth-order valence-electron chi connectivity index (χ4n) is 4.59. The lowest BCUT2D eigenvalue weighted by atomic mass is 9.94. The molecule has 0 radical (unpaired) electrons. The predicted octanol–water partition coefficient (Wildman–Crippen LogP) is 5.98. The summed E-state index contributed by atoms with van der Waals surface area (Å²) < 4.78 is 26.3. The fourth-order valence-corrected chi connectivity index (χ4v) is 4.59. The van der Waals surface area contributed by atoms with Gasteiger partial charge in [0.15, 0.2) is 0 Å². The Bertz CT molecular complexity index is 1260. The van der Waals surface area contributed by atoms with E-state index < -0.39 is 12.1 Å². The number of carbonyl (C=O) groups is 2. The van der Waals surface area contributed by atoms with Crippen LogP contribution in [0.2, 0.25) is 0 Å². The molecular formula is C32H40FN3O5. The second-order valence-corrected chi connectivity index (χ2v) is 10.0. The van der Waals surface area contributed by atoms with Gasteiger partial charge in [0.05, 0.1) is 25.0 Å². The highest BCUT2D eigenvalue weighted by atomic mass is 19.1. The molecule has 2 unspecified atom stereocenters. The third-order valence-corrected chi connectivity index (χ3v) is 6.77. The number of nitrogens with one attached hydrogen (secondary N) is 3. The Kier molecular flexibility index (Phi) is 12.3. The number of methoxy groups -OCH3 is 1. The number of carboxylic acids is 1. The maximum atomic E-state index is 14.7. The van der Waals surface area contributed by atoms with Crippen LogP contribution in [0.15, 0.2) is 77.8 Å². The first-order chi connectivity index (χ1) is 19.8. The second kappa shape index (κ2) is 16.1. The molecule has 4 N–H and O–H groups in total.